The van der Waals surface area contributed by atoms with Gasteiger partial charge in [-0.1, -0.05) is 13.8 Å². The van der Waals surface area contributed by atoms with E-state index >= 15 is 0 Å². The summed E-state index contributed by atoms with van der Waals surface area (Å²) in [6.45, 7) is 4.87. The number of aliphatic carboxylic acids is 1. The van der Waals surface area contributed by atoms with Crippen molar-refractivity contribution >= 4 is 11.9 Å². The molecule has 1 aliphatic heterocycles. The molecule has 0 spiro atoms. The summed E-state index contributed by atoms with van der Waals surface area (Å²) < 4.78 is 0. The van der Waals surface area contributed by atoms with Crippen LogP contribution >= 0.6 is 0 Å². The molecule has 0 aromatic carbocycles. The molecule has 0 bridgehead atoms. The minimum atomic E-state index is -0.805. The molecule has 0 unspecified atom stereocenters. The van der Waals surface area contributed by atoms with E-state index < -0.39 is 12.0 Å². The summed E-state index contributed by atoms with van der Waals surface area (Å²) in [6.07, 6.45) is 0.140. The molecule has 1 fully saturated rings. The number of rotatable bonds is 4. The van der Waals surface area contributed by atoms with Gasteiger partial charge in [0.15, 0.2) is 0 Å². The number of carboxylic acid groups (broad SMARTS) is 1. The molecule has 1 rings (SSSR count). The van der Waals surface area contributed by atoms with Gasteiger partial charge in [-0.05, 0) is 5.92 Å². The largest absolute Gasteiger partial charge is 0.481 e. The summed E-state index contributed by atoms with van der Waals surface area (Å²) >= 11 is 0. The first-order valence-electron chi connectivity index (χ1n) is 5.18. The molecule has 5 heteroatoms. The van der Waals surface area contributed by atoms with Gasteiger partial charge in [0.2, 0.25) is 5.91 Å². The zero-order valence-electron chi connectivity index (χ0n) is 9.14. The summed E-state index contributed by atoms with van der Waals surface area (Å²) in [6, 6.07) is -0.462. The number of hydrogen-bond donors (Lipinski definition) is 2. The van der Waals surface area contributed by atoms with Crippen molar-refractivity contribution in [3.05, 3.63) is 0 Å². The van der Waals surface area contributed by atoms with Crippen LogP contribution < -0.4 is 5.73 Å². The highest BCUT2D eigenvalue weighted by atomic mass is 16.4. The van der Waals surface area contributed by atoms with Crippen molar-refractivity contribution in [2.24, 2.45) is 17.6 Å². The molecular formula is C10H18N2O3. The van der Waals surface area contributed by atoms with Crippen LogP contribution in [-0.4, -0.2) is 41.0 Å². The molecule has 0 aromatic heterocycles. The van der Waals surface area contributed by atoms with Crippen LogP contribution in [0.4, 0.5) is 0 Å². The third-order valence-electron chi connectivity index (χ3n) is 2.74. The Morgan fingerprint density at radius 3 is 2.40 bits per heavy atom. The second-order valence-electron chi connectivity index (χ2n) is 4.48. The zero-order valence-corrected chi connectivity index (χ0v) is 9.14. The molecular weight excluding hydrogens is 196 g/mol. The first-order chi connectivity index (χ1) is 6.91. The smallest absolute Gasteiger partial charge is 0.303 e. The van der Waals surface area contributed by atoms with Crippen LogP contribution in [-0.2, 0) is 9.59 Å². The second kappa shape index (κ2) is 4.61. The molecule has 1 saturated heterocycles. The van der Waals surface area contributed by atoms with Gasteiger partial charge < -0.3 is 15.7 Å². The highest BCUT2D eigenvalue weighted by Gasteiger charge is 2.34. The zero-order chi connectivity index (χ0) is 11.6. The van der Waals surface area contributed by atoms with Crippen molar-refractivity contribution in [2.75, 3.05) is 13.1 Å². The lowest BCUT2D eigenvalue weighted by Gasteiger charge is -2.40. The highest BCUT2D eigenvalue weighted by molar-refractivity contribution is 5.82. The predicted octanol–water partition coefficient (Wildman–Crippen LogP) is -0.0972. The molecule has 86 valence electrons. The lowest BCUT2D eigenvalue weighted by atomic mass is 9.94. The Labute approximate surface area is 89.2 Å². The molecule has 1 heterocycles. The summed E-state index contributed by atoms with van der Waals surface area (Å²) in [5, 5.41) is 8.54. The summed E-state index contributed by atoms with van der Waals surface area (Å²) in [7, 11) is 0. The Balaban J connectivity index is 2.32. The van der Waals surface area contributed by atoms with Crippen LogP contribution in [0.3, 0.4) is 0 Å². The summed E-state index contributed by atoms with van der Waals surface area (Å²) in [5.41, 5.74) is 5.71. The van der Waals surface area contributed by atoms with Gasteiger partial charge in [0.1, 0.15) is 0 Å². The first kappa shape index (κ1) is 12.0. The van der Waals surface area contributed by atoms with Crippen molar-refractivity contribution in [1.82, 2.24) is 4.90 Å². The average Bonchev–Trinajstić information content (AvgIpc) is 2.07. The average molecular weight is 214 g/mol. The molecule has 3 N–H and O–H groups in total. The monoisotopic (exact) mass is 214 g/mol. The van der Waals surface area contributed by atoms with Gasteiger partial charge in [0.25, 0.3) is 0 Å². The van der Waals surface area contributed by atoms with E-state index in [-0.39, 0.29) is 24.2 Å². The predicted molar refractivity (Wildman–Crippen MR) is 55.1 cm³/mol. The molecule has 1 aliphatic rings. The Morgan fingerprint density at radius 1 is 1.47 bits per heavy atom. The van der Waals surface area contributed by atoms with E-state index in [1.807, 2.05) is 13.8 Å². The van der Waals surface area contributed by atoms with Gasteiger partial charge in [-0.3, -0.25) is 9.59 Å². The normalized spacial score (nSPS) is 18.8. The lowest BCUT2D eigenvalue weighted by Crippen LogP contribution is -2.56. The van der Waals surface area contributed by atoms with Crippen molar-refractivity contribution in [2.45, 2.75) is 26.3 Å². The Morgan fingerprint density at radius 2 is 2.00 bits per heavy atom. The Bertz CT molecular complexity index is 259. The third-order valence-corrected chi connectivity index (χ3v) is 2.74. The van der Waals surface area contributed by atoms with Crippen LogP contribution in [0.5, 0.6) is 0 Å². The van der Waals surface area contributed by atoms with Crippen LogP contribution in [0.15, 0.2) is 0 Å². The van der Waals surface area contributed by atoms with E-state index in [0.29, 0.717) is 13.1 Å². The van der Waals surface area contributed by atoms with Gasteiger partial charge in [0.05, 0.1) is 12.5 Å². The number of nitrogens with zero attached hydrogens (tertiary/aromatic N) is 1. The van der Waals surface area contributed by atoms with Crippen molar-refractivity contribution in [3.8, 4) is 0 Å². The van der Waals surface area contributed by atoms with E-state index in [4.69, 9.17) is 10.8 Å². The quantitative estimate of drug-likeness (QED) is 0.684. The fourth-order valence-corrected chi connectivity index (χ4v) is 1.62. The van der Waals surface area contributed by atoms with Crippen LogP contribution in [0.1, 0.15) is 20.3 Å². The second-order valence-corrected chi connectivity index (χ2v) is 4.48. The number of carboxylic acids is 1. The fourth-order valence-electron chi connectivity index (χ4n) is 1.62. The standard InChI is InChI=1S/C10H18N2O3/c1-6(2)9(11)10(15)12-4-7(5-12)3-8(13)14/h6-7,9H,3-5,11H2,1-2H3,(H,13,14)/t9-/m0/s1. The third kappa shape index (κ3) is 2.92. The summed E-state index contributed by atoms with van der Waals surface area (Å²) in [4.78, 5) is 23.7. The Hall–Kier alpha value is -1.10. The van der Waals surface area contributed by atoms with Crippen LogP contribution in [0, 0.1) is 11.8 Å². The van der Waals surface area contributed by atoms with Gasteiger partial charge in [-0.2, -0.15) is 0 Å². The Kier molecular flexibility index (Phi) is 3.68. The molecule has 0 aromatic rings. The topological polar surface area (TPSA) is 83.6 Å². The van der Waals surface area contributed by atoms with E-state index in [9.17, 15) is 9.59 Å². The highest BCUT2D eigenvalue weighted by Crippen LogP contribution is 2.20. The number of carbonyl (C=O) groups excluding carboxylic acids is 1. The number of nitrogens with two attached hydrogens (primary N) is 1. The van der Waals surface area contributed by atoms with Crippen LogP contribution in [0.25, 0.3) is 0 Å². The minimum Gasteiger partial charge on any atom is -0.481 e. The van der Waals surface area contributed by atoms with Gasteiger partial charge in [0, 0.05) is 19.0 Å². The molecule has 0 aliphatic carbocycles. The van der Waals surface area contributed by atoms with Crippen molar-refractivity contribution in [3.63, 3.8) is 0 Å². The minimum absolute atomic E-state index is 0.0633. The van der Waals surface area contributed by atoms with E-state index in [1.54, 1.807) is 4.90 Å². The molecule has 0 saturated carbocycles. The molecule has 15 heavy (non-hydrogen) atoms. The SMILES string of the molecule is CC(C)[C@H](N)C(=O)N1CC(CC(=O)O)C1. The number of amides is 1. The molecule has 1 amide bonds. The maximum Gasteiger partial charge on any atom is 0.303 e. The molecule has 1 atom stereocenters. The fraction of sp³-hybridized carbons (Fsp3) is 0.800. The van der Waals surface area contributed by atoms with E-state index in [2.05, 4.69) is 0 Å². The van der Waals surface area contributed by atoms with E-state index in [1.165, 1.54) is 0 Å². The maximum atomic E-state index is 11.7. The van der Waals surface area contributed by atoms with Crippen molar-refractivity contribution < 1.29 is 14.7 Å². The summed E-state index contributed by atoms with van der Waals surface area (Å²) in [5.74, 6) is -0.645. The lowest BCUT2D eigenvalue weighted by molar-refractivity contribution is -0.146. The molecule has 0 radical (unpaired) electrons. The first-order valence-corrected chi connectivity index (χ1v) is 5.18. The number of likely N-dealkylation sites (tertiary alicyclic amines) is 1. The van der Waals surface area contributed by atoms with Crippen molar-refractivity contribution in [1.29, 1.82) is 0 Å². The van der Waals surface area contributed by atoms with Crippen LogP contribution in [0.2, 0.25) is 0 Å². The van der Waals surface area contributed by atoms with E-state index in [0.717, 1.165) is 0 Å². The molecule has 5 nitrogen and oxygen atoms in total. The number of hydrogen-bond acceptors (Lipinski definition) is 3. The van der Waals surface area contributed by atoms with Gasteiger partial charge in [-0.15, -0.1) is 0 Å². The van der Waals surface area contributed by atoms with Gasteiger partial charge >= 0.3 is 5.97 Å². The maximum absolute atomic E-state index is 11.7. The number of carbonyl (C=O) groups is 2. The van der Waals surface area contributed by atoms with Gasteiger partial charge in [-0.25, -0.2) is 0 Å².